The van der Waals surface area contributed by atoms with Crippen LogP contribution in [0.4, 0.5) is 0 Å². The van der Waals surface area contributed by atoms with E-state index in [9.17, 15) is 8.42 Å². The van der Waals surface area contributed by atoms with Crippen molar-refractivity contribution < 1.29 is 13.5 Å². The van der Waals surface area contributed by atoms with Gasteiger partial charge in [-0.25, -0.2) is 13.1 Å². The van der Waals surface area contributed by atoms with Crippen molar-refractivity contribution in [2.75, 3.05) is 13.2 Å². The third-order valence-electron chi connectivity index (χ3n) is 3.99. The third kappa shape index (κ3) is 2.85. The van der Waals surface area contributed by atoms with Crippen LogP contribution in [0, 0.1) is 6.92 Å². The third-order valence-corrected chi connectivity index (χ3v) is 5.55. The van der Waals surface area contributed by atoms with Gasteiger partial charge in [-0.05, 0) is 25.0 Å². The summed E-state index contributed by atoms with van der Waals surface area (Å²) in [7, 11) is -3.62. The Morgan fingerprint density at radius 1 is 1.41 bits per heavy atom. The highest BCUT2D eigenvalue weighted by molar-refractivity contribution is 7.89. The number of aromatic nitrogens is 1. The number of benzene rings is 1. The highest BCUT2D eigenvalue weighted by atomic mass is 32.2. The lowest BCUT2D eigenvalue weighted by Gasteiger charge is -2.15. The number of aryl methyl sites for hydroxylation is 1. The van der Waals surface area contributed by atoms with Crippen LogP contribution in [-0.4, -0.2) is 43.7 Å². The average Bonchev–Trinajstić information content (AvgIpc) is 2.94. The lowest BCUT2D eigenvalue weighted by atomic mass is 10.1. The van der Waals surface area contributed by atoms with Crippen molar-refractivity contribution >= 4 is 20.8 Å². The predicted octanol–water partition coefficient (Wildman–Crippen LogP) is 0.544. The molecule has 2 heterocycles. The smallest absolute Gasteiger partial charge is 0.241 e. The van der Waals surface area contributed by atoms with Crippen molar-refractivity contribution in [2.24, 2.45) is 0 Å². The number of sulfonamides is 1. The fourth-order valence-electron chi connectivity index (χ4n) is 2.93. The molecule has 2 aromatic rings. The first-order valence-corrected chi connectivity index (χ1v) is 8.69. The minimum Gasteiger partial charge on any atom is -0.395 e. The lowest BCUT2D eigenvalue weighted by Crippen LogP contribution is -2.36. The fraction of sp³-hybridized carbons (Fsp3) is 0.400. The molecule has 7 heteroatoms. The van der Waals surface area contributed by atoms with Crippen LogP contribution in [0.1, 0.15) is 12.0 Å². The van der Waals surface area contributed by atoms with Gasteiger partial charge in [0, 0.05) is 41.8 Å². The largest absolute Gasteiger partial charge is 0.395 e. The predicted molar refractivity (Wildman–Crippen MR) is 84.1 cm³/mol. The van der Waals surface area contributed by atoms with E-state index in [1.54, 1.807) is 24.5 Å². The van der Waals surface area contributed by atoms with E-state index in [1.807, 2.05) is 13.0 Å². The molecule has 0 amide bonds. The zero-order valence-electron chi connectivity index (χ0n) is 12.3. The zero-order chi connectivity index (χ0) is 15.7. The molecule has 3 rings (SSSR count). The molecule has 1 aromatic carbocycles. The van der Waals surface area contributed by atoms with Crippen molar-refractivity contribution in [3.05, 3.63) is 36.2 Å². The molecule has 0 unspecified atom stereocenters. The van der Waals surface area contributed by atoms with Gasteiger partial charge >= 0.3 is 0 Å². The van der Waals surface area contributed by atoms with Crippen LogP contribution in [-0.2, 0) is 10.0 Å². The van der Waals surface area contributed by atoms with Crippen molar-refractivity contribution in [3.63, 3.8) is 0 Å². The number of aliphatic hydroxyl groups is 1. The van der Waals surface area contributed by atoms with Gasteiger partial charge in [-0.2, -0.15) is 0 Å². The molecule has 2 atom stereocenters. The summed E-state index contributed by atoms with van der Waals surface area (Å²) in [6, 6.07) is 4.93. The Kier molecular flexibility index (Phi) is 4.14. The maximum Gasteiger partial charge on any atom is 0.241 e. The number of aliphatic hydroxyl groups excluding tert-OH is 1. The quantitative estimate of drug-likeness (QED) is 0.765. The van der Waals surface area contributed by atoms with Gasteiger partial charge in [0.1, 0.15) is 0 Å². The number of rotatable bonds is 4. The summed E-state index contributed by atoms with van der Waals surface area (Å²) in [5, 5.41) is 13.7. The standard InChI is InChI=1S/C15H19N3O3S/c1-10-6-16-7-11-3-2-4-14(15(10)11)22(20,21)18-12-5-13(9-19)17-8-12/h2-4,6-7,12-13,17-19H,5,8-9H2,1H3/t12-,13-/m1/s1. The maximum atomic E-state index is 12.7. The SMILES string of the molecule is Cc1cncc2cccc(S(=O)(=O)N[C@H]3CN[C@@H](CO)C3)c12. The summed E-state index contributed by atoms with van der Waals surface area (Å²) in [5.41, 5.74) is 0.830. The summed E-state index contributed by atoms with van der Waals surface area (Å²) in [6.45, 7) is 2.39. The molecule has 0 bridgehead atoms. The van der Waals surface area contributed by atoms with Gasteiger partial charge in [-0.15, -0.1) is 0 Å². The monoisotopic (exact) mass is 321 g/mol. The first-order chi connectivity index (χ1) is 10.5. The molecule has 1 aliphatic rings. The highest BCUT2D eigenvalue weighted by Crippen LogP contribution is 2.25. The number of hydrogen-bond donors (Lipinski definition) is 3. The van der Waals surface area contributed by atoms with Gasteiger partial charge in [0.15, 0.2) is 0 Å². The van der Waals surface area contributed by atoms with E-state index >= 15 is 0 Å². The fourth-order valence-corrected chi connectivity index (χ4v) is 4.48. The second-order valence-corrected chi connectivity index (χ2v) is 7.33. The van der Waals surface area contributed by atoms with Crippen LogP contribution in [0.25, 0.3) is 10.8 Å². The number of nitrogens with one attached hydrogen (secondary N) is 2. The summed E-state index contributed by atoms with van der Waals surface area (Å²) < 4.78 is 28.2. The second kappa shape index (κ2) is 5.92. The van der Waals surface area contributed by atoms with Crippen molar-refractivity contribution in [1.29, 1.82) is 0 Å². The van der Waals surface area contributed by atoms with Crippen LogP contribution in [0.2, 0.25) is 0 Å². The molecular weight excluding hydrogens is 302 g/mol. The van der Waals surface area contributed by atoms with Crippen LogP contribution in [0.3, 0.4) is 0 Å². The van der Waals surface area contributed by atoms with Gasteiger partial charge in [0.2, 0.25) is 10.0 Å². The molecule has 0 aliphatic carbocycles. The average molecular weight is 321 g/mol. The van der Waals surface area contributed by atoms with Crippen molar-refractivity contribution in [3.8, 4) is 0 Å². The first-order valence-electron chi connectivity index (χ1n) is 7.21. The molecule has 0 saturated carbocycles. The van der Waals surface area contributed by atoms with Crippen LogP contribution in [0.15, 0.2) is 35.5 Å². The minimum atomic E-state index is -3.62. The Morgan fingerprint density at radius 2 is 2.23 bits per heavy atom. The van der Waals surface area contributed by atoms with Crippen LogP contribution < -0.4 is 10.0 Å². The van der Waals surface area contributed by atoms with E-state index in [1.165, 1.54) is 0 Å². The van der Waals surface area contributed by atoms with Gasteiger partial charge < -0.3 is 10.4 Å². The van der Waals surface area contributed by atoms with Crippen molar-refractivity contribution in [1.82, 2.24) is 15.0 Å². The molecule has 22 heavy (non-hydrogen) atoms. The van der Waals surface area contributed by atoms with Gasteiger partial charge in [0.05, 0.1) is 11.5 Å². The number of pyridine rings is 1. The summed E-state index contributed by atoms with van der Waals surface area (Å²) in [6.07, 6.45) is 3.92. The van der Waals surface area contributed by atoms with E-state index in [4.69, 9.17) is 5.11 Å². The van der Waals surface area contributed by atoms with E-state index < -0.39 is 10.0 Å². The normalized spacial score (nSPS) is 22.3. The molecule has 1 aromatic heterocycles. The molecule has 118 valence electrons. The van der Waals surface area contributed by atoms with E-state index in [-0.39, 0.29) is 23.6 Å². The Morgan fingerprint density at radius 3 is 2.95 bits per heavy atom. The molecule has 3 N–H and O–H groups in total. The molecule has 0 spiro atoms. The Bertz CT molecular complexity index is 786. The Balaban J connectivity index is 1.96. The van der Waals surface area contributed by atoms with E-state index in [2.05, 4.69) is 15.0 Å². The molecule has 0 radical (unpaired) electrons. The molecular formula is C15H19N3O3S. The number of nitrogens with zero attached hydrogens (tertiary/aromatic N) is 1. The number of fused-ring (bicyclic) bond motifs is 1. The number of hydrogen-bond acceptors (Lipinski definition) is 5. The highest BCUT2D eigenvalue weighted by Gasteiger charge is 2.28. The molecule has 6 nitrogen and oxygen atoms in total. The summed E-state index contributed by atoms with van der Waals surface area (Å²) in [4.78, 5) is 4.38. The second-order valence-electron chi connectivity index (χ2n) is 5.65. The summed E-state index contributed by atoms with van der Waals surface area (Å²) >= 11 is 0. The van der Waals surface area contributed by atoms with Gasteiger partial charge in [-0.1, -0.05) is 12.1 Å². The Hall–Kier alpha value is -1.54. The first kappa shape index (κ1) is 15.4. The molecule has 1 aliphatic heterocycles. The maximum absolute atomic E-state index is 12.7. The molecule has 1 fully saturated rings. The van der Waals surface area contributed by atoms with Crippen molar-refractivity contribution in [2.45, 2.75) is 30.3 Å². The van der Waals surface area contributed by atoms with Crippen LogP contribution >= 0.6 is 0 Å². The van der Waals surface area contributed by atoms with E-state index in [0.717, 1.165) is 10.9 Å². The zero-order valence-corrected chi connectivity index (χ0v) is 13.1. The minimum absolute atomic E-state index is 0.0112. The topological polar surface area (TPSA) is 91.3 Å². The van der Waals surface area contributed by atoms with Gasteiger partial charge in [-0.3, -0.25) is 4.98 Å². The van der Waals surface area contributed by atoms with Gasteiger partial charge in [0.25, 0.3) is 0 Å². The lowest BCUT2D eigenvalue weighted by molar-refractivity contribution is 0.254. The molecule has 1 saturated heterocycles. The summed E-state index contributed by atoms with van der Waals surface area (Å²) in [5.74, 6) is 0. The van der Waals surface area contributed by atoms with E-state index in [0.29, 0.717) is 18.4 Å². The van der Waals surface area contributed by atoms with Crippen LogP contribution in [0.5, 0.6) is 0 Å². The Labute approximate surface area is 129 Å².